The van der Waals surface area contributed by atoms with E-state index in [-0.39, 0.29) is 12.7 Å². The SMILES string of the molecule is OC[C@H]1CC[C@H](n2c(C3CC3)nc3cnc4ccsc4c32)CO1. The highest BCUT2D eigenvalue weighted by Gasteiger charge is 2.34. The summed E-state index contributed by atoms with van der Waals surface area (Å²) in [6.45, 7) is 0.775. The summed E-state index contributed by atoms with van der Waals surface area (Å²) in [4.78, 5) is 9.47. The Kier molecular flexibility index (Phi) is 3.18. The highest BCUT2D eigenvalue weighted by Crippen LogP contribution is 2.44. The average molecular weight is 329 g/mol. The molecule has 1 aliphatic heterocycles. The Balaban J connectivity index is 1.68. The number of thiophene rings is 1. The molecule has 6 heteroatoms. The van der Waals surface area contributed by atoms with Gasteiger partial charge in [0.15, 0.2) is 0 Å². The smallest absolute Gasteiger partial charge is 0.113 e. The molecule has 5 nitrogen and oxygen atoms in total. The summed E-state index contributed by atoms with van der Waals surface area (Å²) in [5.41, 5.74) is 3.28. The first-order chi connectivity index (χ1) is 11.3. The quantitative estimate of drug-likeness (QED) is 0.801. The fourth-order valence-corrected chi connectivity index (χ4v) is 4.52. The molecule has 1 saturated heterocycles. The number of hydrogen-bond acceptors (Lipinski definition) is 5. The van der Waals surface area contributed by atoms with Gasteiger partial charge >= 0.3 is 0 Å². The maximum Gasteiger partial charge on any atom is 0.113 e. The molecule has 0 unspecified atom stereocenters. The van der Waals surface area contributed by atoms with E-state index in [4.69, 9.17) is 9.72 Å². The molecule has 0 spiro atoms. The summed E-state index contributed by atoms with van der Waals surface area (Å²) in [7, 11) is 0. The van der Waals surface area contributed by atoms with Crippen molar-refractivity contribution < 1.29 is 9.84 Å². The molecule has 2 fully saturated rings. The fraction of sp³-hybridized carbons (Fsp3) is 0.529. The van der Waals surface area contributed by atoms with Crippen molar-refractivity contribution in [2.75, 3.05) is 13.2 Å². The Bertz CT molecular complexity index is 859. The van der Waals surface area contributed by atoms with E-state index in [2.05, 4.69) is 21.0 Å². The van der Waals surface area contributed by atoms with Crippen LogP contribution in [0.5, 0.6) is 0 Å². The van der Waals surface area contributed by atoms with E-state index in [1.165, 1.54) is 28.9 Å². The highest BCUT2D eigenvalue weighted by atomic mass is 32.1. The lowest BCUT2D eigenvalue weighted by molar-refractivity contribution is -0.0386. The number of imidazole rings is 1. The van der Waals surface area contributed by atoms with Gasteiger partial charge in [0.2, 0.25) is 0 Å². The number of hydrogen-bond donors (Lipinski definition) is 1. The van der Waals surface area contributed by atoms with Crippen molar-refractivity contribution in [3.05, 3.63) is 23.5 Å². The van der Waals surface area contributed by atoms with E-state index < -0.39 is 0 Å². The number of nitrogens with zero attached hydrogens (tertiary/aromatic N) is 3. The lowest BCUT2D eigenvalue weighted by Gasteiger charge is -2.30. The van der Waals surface area contributed by atoms with Crippen LogP contribution in [0, 0.1) is 0 Å². The lowest BCUT2D eigenvalue weighted by atomic mass is 10.0. The lowest BCUT2D eigenvalue weighted by Crippen LogP contribution is -2.30. The first-order valence-electron chi connectivity index (χ1n) is 8.31. The molecule has 3 aromatic heterocycles. The summed E-state index contributed by atoms with van der Waals surface area (Å²) in [5, 5.41) is 11.4. The molecule has 5 rings (SSSR count). The third-order valence-corrected chi connectivity index (χ3v) is 5.92. The number of aliphatic hydroxyl groups is 1. The van der Waals surface area contributed by atoms with Gasteiger partial charge in [-0.1, -0.05) is 0 Å². The summed E-state index contributed by atoms with van der Waals surface area (Å²) in [6, 6.07) is 2.39. The number of pyridine rings is 1. The Morgan fingerprint density at radius 2 is 2.17 bits per heavy atom. The molecular formula is C17H19N3O2S. The number of ether oxygens (including phenoxy) is 1. The normalized spacial score (nSPS) is 25.4. The van der Waals surface area contributed by atoms with E-state index >= 15 is 0 Å². The molecule has 1 saturated carbocycles. The Morgan fingerprint density at radius 3 is 2.91 bits per heavy atom. The van der Waals surface area contributed by atoms with Crippen LogP contribution in [-0.2, 0) is 4.74 Å². The summed E-state index contributed by atoms with van der Waals surface area (Å²) < 4.78 is 9.51. The number of fused-ring (bicyclic) bond motifs is 3. The third kappa shape index (κ3) is 2.20. The van der Waals surface area contributed by atoms with Gasteiger partial charge in [-0.15, -0.1) is 11.3 Å². The standard InChI is InChI=1S/C17H19N3O2S/c21-8-12-4-3-11(9-22-12)20-15-14(19-17(20)10-1-2-10)7-18-13-5-6-23-16(13)15/h5-7,10-12,21H,1-4,8-9H2/t11-,12+/m0/s1. The number of rotatable bonds is 3. The predicted octanol–water partition coefficient (Wildman–Crippen LogP) is 3.24. The molecule has 0 radical (unpaired) electrons. The Morgan fingerprint density at radius 1 is 1.26 bits per heavy atom. The Labute approximate surface area is 137 Å². The predicted molar refractivity (Wildman–Crippen MR) is 90.0 cm³/mol. The average Bonchev–Trinajstić information content (AvgIpc) is 3.19. The van der Waals surface area contributed by atoms with Crippen LogP contribution >= 0.6 is 11.3 Å². The zero-order chi connectivity index (χ0) is 15.4. The number of aliphatic hydroxyl groups excluding tert-OH is 1. The monoisotopic (exact) mass is 329 g/mol. The van der Waals surface area contributed by atoms with Crippen LogP contribution in [0.1, 0.15) is 43.5 Å². The van der Waals surface area contributed by atoms with Gasteiger partial charge < -0.3 is 14.4 Å². The molecule has 120 valence electrons. The summed E-state index contributed by atoms with van der Waals surface area (Å²) in [5.74, 6) is 1.80. The minimum absolute atomic E-state index is 0.00571. The molecule has 23 heavy (non-hydrogen) atoms. The van der Waals surface area contributed by atoms with Gasteiger partial charge in [-0.25, -0.2) is 4.98 Å². The van der Waals surface area contributed by atoms with E-state index in [1.807, 2.05) is 6.20 Å². The van der Waals surface area contributed by atoms with Crippen LogP contribution in [0.2, 0.25) is 0 Å². The topological polar surface area (TPSA) is 60.2 Å². The first-order valence-corrected chi connectivity index (χ1v) is 9.19. The van der Waals surface area contributed by atoms with Crippen LogP contribution in [0.25, 0.3) is 21.3 Å². The molecule has 3 aromatic rings. The maximum absolute atomic E-state index is 9.30. The molecule has 2 aliphatic rings. The highest BCUT2D eigenvalue weighted by molar-refractivity contribution is 7.18. The van der Waals surface area contributed by atoms with Crippen LogP contribution < -0.4 is 0 Å². The molecule has 0 bridgehead atoms. The fourth-order valence-electron chi connectivity index (χ4n) is 3.63. The van der Waals surface area contributed by atoms with Gasteiger partial charge in [0, 0.05) is 5.92 Å². The second-order valence-corrected chi connectivity index (χ2v) is 7.53. The van der Waals surface area contributed by atoms with Crippen LogP contribution in [-0.4, -0.2) is 39.0 Å². The van der Waals surface area contributed by atoms with Gasteiger partial charge in [0.1, 0.15) is 11.3 Å². The molecule has 1 aliphatic carbocycles. The molecule has 1 N–H and O–H groups in total. The summed E-state index contributed by atoms with van der Waals surface area (Å²) >= 11 is 1.74. The Hall–Kier alpha value is -1.50. The van der Waals surface area contributed by atoms with Crippen LogP contribution in [0.4, 0.5) is 0 Å². The van der Waals surface area contributed by atoms with Gasteiger partial charge in [-0.05, 0) is 37.1 Å². The summed E-state index contributed by atoms with van der Waals surface area (Å²) in [6.07, 6.45) is 6.31. The van der Waals surface area contributed by atoms with Crippen molar-refractivity contribution in [3.8, 4) is 0 Å². The van der Waals surface area contributed by atoms with Crippen molar-refractivity contribution in [2.45, 2.75) is 43.7 Å². The first kappa shape index (κ1) is 13.9. The van der Waals surface area contributed by atoms with Gasteiger partial charge in [0.05, 0.1) is 47.3 Å². The second-order valence-electron chi connectivity index (χ2n) is 6.61. The van der Waals surface area contributed by atoms with Crippen molar-refractivity contribution in [3.63, 3.8) is 0 Å². The molecule has 2 atom stereocenters. The van der Waals surface area contributed by atoms with E-state index in [9.17, 15) is 5.11 Å². The largest absolute Gasteiger partial charge is 0.394 e. The molecule has 4 heterocycles. The van der Waals surface area contributed by atoms with E-state index in [1.54, 1.807) is 11.3 Å². The van der Waals surface area contributed by atoms with E-state index in [0.29, 0.717) is 18.6 Å². The number of aromatic nitrogens is 3. The maximum atomic E-state index is 9.30. The van der Waals surface area contributed by atoms with Crippen molar-refractivity contribution >= 4 is 32.6 Å². The minimum atomic E-state index is -0.00571. The van der Waals surface area contributed by atoms with E-state index in [0.717, 1.165) is 23.9 Å². The zero-order valence-electron chi connectivity index (χ0n) is 12.8. The van der Waals surface area contributed by atoms with Crippen LogP contribution in [0.3, 0.4) is 0 Å². The molecular weight excluding hydrogens is 310 g/mol. The van der Waals surface area contributed by atoms with Crippen molar-refractivity contribution in [2.24, 2.45) is 0 Å². The van der Waals surface area contributed by atoms with Crippen molar-refractivity contribution in [1.82, 2.24) is 14.5 Å². The zero-order valence-corrected chi connectivity index (χ0v) is 13.6. The van der Waals surface area contributed by atoms with Gasteiger partial charge in [-0.2, -0.15) is 0 Å². The van der Waals surface area contributed by atoms with Crippen molar-refractivity contribution in [1.29, 1.82) is 0 Å². The second kappa shape index (κ2) is 5.26. The third-order valence-electron chi connectivity index (χ3n) is 5.01. The van der Waals surface area contributed by atoms with Crippen LogP contribution in [0.15, 0.2) is 17.6 Å². The van der Waals surface area contributed by atoms with Gasteiger partial charge in [0.25, 0.3) is 0 Å². The van der Waals surface area contributed by atoms with Gasteiger partial charge in [-0.3, -0.25) is 4.98 Å². The molecule has 0 amide bonds. The molecule has 0 aromatic carbocycles. The minimum Gasteiger partial charge on any atom is -0.394 e.